The Morgan fingerprint density at radius 3 is 2.33 bits per heavy atom. The third-order valence-corrected chi connectivity index (χ3v) is 3.95. The summed E-state index contributed by atoms with van der Waals surface area (Å²) < 4.78 is 2.09. The van der Waals surface area contributed by atoms with Gasteiger partial charge in [-0.2, -0.15) is 0 Å². The number of nitriles is 1. The number of pyridine rings is 1. The molecule has 0 aliphatic rings. The predicted octanol–water partition coefficient (Wildman–Crippen LogP) is 3.49. The van der Waals surface area contributed by atoms with E-state index < -0.39 is 0 Å². The Kier molecular flexibility index (Phi) is 5.57. The molecule has 2 heterocycles. The van der Waals surface area contributed by atoms with E-state index in [9.17, 15) is 5.26 Å². The van der Waals surface area contributed by atoms with Crippen molar-refractivity contribution < 1.29 is 20.4 Å². The van der Waals surface area contributed by atoms with Crippen molar-refractivity contribution in [1.29, 1.82) is 5.26 Å². The maximum atomic E-state index is 9.24. The molecule has 0 unspecified atom stereocenters. The van der Waals surface area contributed by atoms with Gasteiger partial charge in [0.2, 0.25) is 0 Å². The fourth-order valence-electron chi connectivity index (χ4n) is 2.66. The number of rotatable bonds is 3. The van der Waals surface area contributed by atoms with Gasteiger partial charge in [-0.05, 0) is 42.1 Å². The third-order valence-electron chi connectivity index (χ3n) is 3.95. The van der Waals surface area contributed by atoms with Gasteiger partial charge in [0.05, 0.1) is 0 Å². The van der Waals surface area contributed by atoms with Gasteiger partial charge in [0, 0.05) is 58.6 Å². The van der Waals surface area contributed by atoms with Gasteiger partial charge in [-0.15, -0.1) is 6.07 Å². The van der Waals surface area contributed by atoms with Gasteiger partial charge >= 0.3 is 0 Å². The molecule has 1 aromatic carbocycles. The van der Waals surface area contributed by atoms with E-state index in [0.29, 0.717) is 5.56 Å². The van der Waals surface area contributed by atoms with Gasteiger partial charge < -0.3 is 14.5 Å². The molecule has 121 valence electrons. The van der Waals surface area contributed by atoms with Crippen LogP contribution in [0, 0.1) is 17.5 Å². The Bertz CT molecular complexity index is 873. The fraction of sp³-hybridized carbons (Fsp3) is 0.158. The van der Waals surface area contributed by atoms with E-state index in [1.165, 1.54) is 5.69 Å². The summed E-state index contributed by atoms with van der Waals surface area (Å²) in [5.41, 5.74) is 5.70. The Hall–Kier alpha value is -2.40. The molecule has 0 atom stereocenters. The molecular weight excluding hydrogens is 470 g/mol. The zero-order valence-corrected chi connectivity index (χ0v) is 16.5. The van der Waals surface area contributed by atoms with E-state index in [1.54, 1.807) is 6.20 Å². The van der Waals surface area contributed by atoms with Gasteiger partial charge in [0.15, 0.2) is 0 Å². The van der Waals surface area contributed by atoms with Crippen LogP contribution in [0.2, 0.25) is 0 Å². The van der Waals surface area contributed by atoms with Crippen LogP contribution in [0.25, 0.3) is 22.5 Å². The summed E-state index contributed by atoms with van der Waals surface area (Å²) in [5, 5.41) is 9.24. The summed E-state index contributed by atoms with van der Waals surface area (Å²) in [5.74, 6) is 0. The van der Waals surface area contributed by atoms with E-state index in [2.05, 4.69) is 57.0 Å². The van der Waals surface area contributed by atoms with E-state index in [-0.39, 0.29) is 20.4 Å². The number of hydrogen-bond donors (Lipinski definition) is 0. The second kappa shape index (κ2) is 7.45. The largest absolute Gasteiger partial charge is 0.378 e. The molecule has 0 bridgehead atoms. The number of benzene rings is 1. The third kappa shape index (κ3) is 3.26. The first-order chi connectivity index (χ1) is 11.1. The number of aromatic nitrogens is 2. The molecule has 4 nitrogen and oxygen atoms in total. The predicted molar refractivity (Wildman–Crippen MR) is 92.0 cm³/mol. The number of anilines is 1. The molecular formula is C19H17N4Re-. The van der Waals surface area contributed by atoms with E-state index >= 15 is 0 Å². The molecule has 0 aliphatic heterocycles. The molecule has 1 radical (unpaired) electrons. The van der Waals surface area contributed by atoms with Crippen LogP contribution >= 0.6 is 0 Å². The summed E-state index contributed by atoms with van der Waals surface area (Å²) in [7, 11) is 6.06. The zero-order valence-electron chi connectivity index (χ0n) is 13.8. The number of nitrogens with zero attached hydrogens (tertiary/aromatic N) is 4. The van der Waals surface area contributed by atoms with Crippen molar-refractivity contribution in [2.75, 3.05) is 19.0 Å². The van der Waals surface area contributed by atoms with Gasteiger partial charge in [-0.3, -0.25) is 5.26 Å². The molecule has 24 heavy (non-hydrogen) atoms. The second-order valence-corrected chi connectivity index (χ2v) is 5.56. The van der Waals surface area contributed by atoms with Crippen LogP contribution in [0.15, 0.2) is 48.7 Å². The molecule has 0 amide bonds. The summed E-state index contributed by atoms with van der Waals surface area (Å²) in [4.78, 5) is 5.98. The maximum Gasteiger partial charge on any atom is 0.0476 e. The molecule has 3 rings (SSSR count). The van der Waals surface area contributed by atoms with Crippen molar-refractivity contribution in [2.45, 2.75) is 0 Å². The van der Waals surface area contributed by atoms with Crippen LogP contribution in [0.3, 0.4) is 0 Å². The molecule has 0 saturated heterocycles. The normalized spacial score (nSPS) is 9.92. The Morgan fingerprint density at radius 1 is 1.04 bits per heavy atom. The van der Waals surface area contributed by atoms with Gasteiger partial charge in [-0.1, -0.05) is 29.5 Å². The molecule has 3 aromatic rings. The van der Waals surface area contributed by atoms with E-state index in [4.69, 9.17) is 0 Å². The molecule has 2 aromatic heterocycles. The summed E-state index contributed by atoms with van der Waals surface area (Å²) in [6.45, 7) is 0. The fourth-order valence-corrected chi connectivity index (χ4v) is 2.66. The average molecular weight is 488 g/mol. The molecule has 0 N–H and O–H groups in total. The van der Waals surface area contributed by atoms with Crippen molar-refractivity contribution in [3.63, 3.8) is 0 Å². The van der Waals surface area contributed by atoms with Crippen LogP contribution in [0.4, 0.5) is 5.69 Å². The smallest absolute Gasteiger partial charge is 0.0476 e. The summed E-state index contributed by atoms with van der Waals surface area (Å²) in [6, 6.07) is 16.5. The first-order valence-corrected chi connectivity index (χ1v) is 7.32. The minimum absolute atomic E-state index is 0. The molecule has 0 spiro atoms. The van der Waals surface area contributed by atoms with Crippen LogP contribution < -0.4 is 4.90 Å². The van der Waals surface area contributed by atoms with Crippen LogP contribution in [-0.2, 0) is 27.5 Å². The standard InChI is InChI=1S/C19H17N4.Re/c1-22(2)16-6-4-14(5-7-16)18-8-9-19(23(18)3)17-10-11-21-13-15(17)12-20;/h4-11H,1-3H3;/q-1;. The van der Waals surface area contributed by atoms with E-state index in [1.807, 2.05) is 33.3 Å². The second-order valence-electron chi connectivity index (χ2n) is 5.56. The topological polar surface area (TPSA) is 44.9 Å². The van der Waals surface area contributed by atoms with Gasteiger partial charge in [-0.25, -0.2) is 0 Å². The number of hydrogen-bond acceptors (Lipinski definition) is 3. The Morgan fingerprint density at radius 2 is 1.71 bits per heavy atom. The summed E-state index contributed by atoms with van der Waals surface area (Å²) >= 11 is 0. The van der Waals surface area contributed by atoms with Crippen LogP contribution in [0.5, 0.6) is 0 Å². The first-order valence-electron chi connectivity index (χ1n) is 7.32. The quantitative estimate of drug-likeness (QED) is 0.532. The van der Waals surface area contributed by atoms with Crippen molar-refractivity contribution in [1.82, 2.24) is 9.55 Å². The van der Waals surface area contributed by atoms with Crippen LogP contribution in [-0.4, -0.2) is 23.6 Å². The molecule has 5 heteroatoms. The maximum absolute atomic E-state index is 9.24. The van der Waals surface area contributed by atoms with Gasteiger partial charge in [0.1, 0.15) is 0 Å². The Labute approximate surface area is 156 Å². The summed E-state index contributed by atoms with van der Waals surface area (Å²) in [6.07, 6.45) is 4.41. The van der Waals surface area contributed by atoms with E-state index in [0.717, 1.165) is 22.5 Å². The first kappa shape index (κ1) is 17.9. The van der Waals surface area contributed by atoms with Gasteiger partial charge in [0.25, 0.3) is 0 Å². The average Bonchev–Trinajstić information content (AvgIpc) is 2.96. The van der Waals surface area contributed by atoms with Crippen molar-refractivity contribution in [3.8, 4) is 28.6 Å². The van der Waals surface area contributed by atoms with Crippen molar-refractivity contribution in [2.24, 2.45) is 7.05 Å². The minimum Gasteiger partial charge on any atom is -0.378 e. The minimum atomic E-state index is 0. The Balaban J connectivity index is 0.00000208. The van der Waals surface area contributed by atoms with Crippen molar-refractivity contribution in [3.05, 3.63) is 60.4 Å². The molecule has 0 saturated carbocycles. The SMILES string of the molecule is CN(C)c1ccc(-c2ccc(-c3ccn[c-]c3C#N)n2C)cc1.[Re]. The molecule has 0 aliphatic carbocycles. The van der Waals surface area contributed by atoms with Crippen LogP contribution in [0.1, 0.15) is 5.56 Å². The van der Waals surface area contributed by atoms with Crippen molar-refractivity contribution >= 4 is 5.69 Å². The molecule has 0 fully saturated rings. The monoisotopic (exact) mass is 488 g/mol. The zero-order chi connectivity index (χ0) is 16.4.